The second kappa shape index (κ2) is 25.8. The van der Waals surface area contributed by atoms with Crippen molar-refractivity contribution in [3.8, 4) is 0 Å². The zero-order valence-electron chi connectivity index (χ0n) is 32.3. The van der Waals surface area contributed by atoms with E-state index in [4.69, 9.17) is 30.4 Å². The number of carbonyl (C=O) groups is 4. The molecule has 0 aliphatic heterocycles. The van der Waals surface area contributed by atoms with Crippen molar-refractivity contribution in [2.75, 3.05) is 89.4 Å². The molecule has 1 unspecified atom stereocenters. The monoisotopic (exact) mass is 784 g/mol. The molecule has 0 fully saturated rings. The minimum Gasteiger partial charge on any atom is -0.480 e. The van der Waals surface area contributed by atoms with Gasteiger partial charge >= 0.3 is 5.97 Å². The van der Waals surface area contributed by atoms with Crippen LogP contribution >= 0.6 is 0 Å². The number of hydrogen-bond donors (Lipinski definition) is 6. The number of benzene rings is 1. The lowest BCUT2D eigenvalue weighted by molar-refractivity contribution is -0.139. The number of anilines is 3. The van der Waals surface area contributed by atoms with Crippen LogP contribution in [0.4, 0.5) is 17.5 Å². The predicted molar refractivity (Wildman–Crippen MR) is 209 cm³/mol. The van der Waals surface area contributed by atoms with E-state index in [9.17, 15) is 24.3 Å². The van der Waals surface area contributed by atoms with Crippen LogP contribution in [0.5, 0.6) is 0 Å². The second-order valence-corrected chi connectivity index (χ2v) is 12.8. The Morgan fingerprint density at radius 1 is 0.786 bits per heavy atom. The lowest BCUT2D eigenvalue weighted by atomic mass is 10.1. The van der Waals surface area contributed by atoms with Gasteiger partial charge in [-0.2, -0.15) is 9.97 Å². The van der Waals surface area contributed by atoms with Crippen molar-refractivity contribution in [2.45, 2.75) is 64.5 Å². The zero-order chi connectivity index (χ0) is 40.5. The minimum atomic E-state index is -1.25. The molecule has 3 aromatic rings. The van der Waals surface area contributed by atoms with E-state index < -0.39 is 17.9 Å². The van der Waals surface area contributed by atoms with Crippen LogP contribution in [0.3, 0.4) is 0 Å². The van der Waals surface area contributed by atoms with Gasteiger partial charge in [-0.1, -0.05) is 13.3 Å². The molecule has 8 N–H and O–H groups in total. The first-order valence-corrected chi connectivity index (χ1v) is 18.8. The normalized spacial score (nSPS) is 11.6. The van der Waals surface area contributed by atoms with E-state index in [2.05, 4.69) is 42.8 Å². The Morgan fingerprint density at radius 3 is 2.00 bits per heavy atom. The average molecular weight is 785 g/mol. The average Bonchev–Trinajstić information content (AvgIpc) is 3.17. The molecule has 19 nitrogen and oxygen atoms in total. The maximum atomic E-state index is 12.9. The number of carboxylic acids is 1. The molecule has 1 aromatic carbocycles. The summed E-state index contributed by atoms with van der Waals surface area (Å²) in [7, 11) is 1.83. The van der Waals surface area contributed by atoms with Gasteiger partial charge in [-0.3, -0.25) is 14.4 Å². The van der Waals surface area contributed by atoms with E-state index in [0.29, 0.717) is 109 Å². The minimum absolute atomic E-state index is 0.0117. The first-order valence-electron chi connectivity index (χ1n) is 18.8. The maximum Gasteiger partial charge on any atom is 0.326 e. The van der Waals surface area contributed by atoms with Gasteiger partial charge in [-0.15, -0.1) is 0 Å². The number of aliphatic carboxylic acids is 1. The fourth-order valence-electron chi connectivity index (χ4n) is 5.07. The van der Waals surface area contributed by atoms with E-state index in [0.717, 1.165) is 18.5 Å². The molecule has 56 heavy (non-hydrogen) atoms. The Morgan fingerprint density at radius 2 is 1.38 bits per heavy atom. The van der Waals surface area contributed by atoms with Crippen LogP contribution in [0, 0.1) is 0 Å². The van der Waals surface area contributed by atoms with E-state index in [1.807, 2.05) is 11.9 Å². The number of aromatic nitrogens is 4. The highest BCUT2D eigenvalue weighted by atomic mass is 16.5. The Hall–Kier alpha value is -5.24. The van der Waals surface area contributed by atoms with Crippen molar-refractivity contribution in [2.24, 2.45) is 0 Å². The summed E-state index contributed by atoms with van der Waals surface area (Å²) < 4.78 is 21.9. The number of carboxylic acid groups (broad SMARTS) is 1. The van der Waals surface area contributed by atoms with Crippen molar-refractivity contribution >= 4 is 52.3 Å². The molecule has 0 aliphatic rings. The maximum absolute atomic E-state index is 12.9. The molecular formula is C37H56N10O9. The molecule has 1 atom stereocenters. The molecule has 0 saturated carbocycles. The number of nitrogen functional groups attached to an aromatic ring is 2. The molecule has 2 aromatic heterocycles. The van der Waals surface area contributed by atoms with Gasteiger partial charge < -0.3 is 56.4 Å². The van der Waals surface area contributed by atoms with Crippen LogP contribution in [-0.4, -0.2) is 128 Å². The smallest absolute Gasteiger partial charge is 0.326 e. The van der Waals surface area contributed by atoms with Crippen molar-refractivity contribution < 1.29 is 43.2 Å². The Kier molecular flexibility index (Phi) is 20.8. The molecular weight excluding hydrogens is 728 g/mol. The molecule has 0 radical (unpaired) electrons. The number of unbranched alkanes of at least 4 members (excludes halogenated alkanes) is 1. The van der Waals surface area contributed by atoms with Crippen LogP contribution in [0.2, 0.25) is 0 Å². The molecule has 0 bridgehead atoms. The number of nitrogens with one attached hydrogen (secondary N) is 3. The molecule has 3 rings (SSSR count). The fourth-order valence-corrected chi connectivity index (χ4v) is 5.07. The number of nitrogens with two attached hydrogens (primary N) is 2. The number of carbonyl (C=O) groups excluding carboxylic acids is 3. The summed E-state index contributed by atoms with van der Waals surface area (Å²) in [6.45, 7) is 7.11. The number of hydrogen-bond acceptors (Lipinski definition) is 15. The summed E-state index contributed by atoms with van der Waals surface area (Å²) in [4.78, 5) is 67.3. The number of nitrogens with zero attached hydrogens (tertiary/aromatic N) is 5. The van der Waals surface area contributed by atoms with Gasteiger partial charge in [0.15, 0.2) is 17.0 Å². The van der Waals surface area contributed by atoms with Crippen molar-refractivity contribution in [3.05, 3.63) is 41.7 Å². The van der Waals surface area contributed by atoms with E-state index in [1.165, 1.54) is 0 Å². The number of fused-ring (bicyclic) bond motifs is 1. The molecule has 0 saturated heterocycles. The number of rotatable bonds is 29. The lowest BCUT2D eigenvalue weighted by Gasteiger charge is -2.19. The third-order valence-electron chi connectivity index (χ3n) is 8.17. The van der Waals surface area contributed by atoms with Crippen LogP contribution in [-0.2, 0) is 39.9 Å². The van der Waals surface area contributed by atoms with Gasteiger partial charge in [0.1, 0.15) is 6.04 Å². The number of amides is 3. The Balaban J connectivity index is 1.20. The molecule has 19 heteroatoms. The summed E-state index contributed by atoms with van der Waals surface area (Å²) in [6.07, 6.45) is 5.13. The highest BCUT2D eigenvalue weighted by molar-refractivity contribution is 5.97. The lowest BCUT2D eigenvalue weighted by Crippen LogP contribution is -2.41. The topological polar surface area (TPSA) is 268 Å². The third-order valence-corrected chi connectivity index (χ3v) is 8.17. The SMILES string of the molecule is CCCCOCCC(=O)NCCCOCCOCCOCCCNC(=O)CCC(NC(=O)c1ccc(N(C)Cc2cnc3nc(N)nc(N)c3n2)cc1)C(=O)O. The molecule has 0 spiro atoms. The van der Waals surface area contributed by atoms with Crippen LogP contribution in [0.25, 0.3) is 11.2 Å². The standard InChI is InChI=1S/C37H56N10O9/c1-3-4-16-53-19-13-31(49)41-15-6-18-55-21-23-56-22-20-54-17-5-14-40-30(48)12-11-29(36(51)52)44-35(50)26-7-9-28(10-8-26)47(2)25-27-24-42-34-32(43-27)33(38)45-37(39)46-34/h7-10,24,29H,3-6,11-23,25H2,1-2H3,(H,40,48)(H,41,49)(H,44,50)(H,51,52)(H4,38,39,42,45,46). The first kappa shape index (κ1) is 45.2. The van der Waals surface area contributed by atoms with Gasteiger partial charge in [0.25, 0.3) is 5.91 Å². The van der Waals surface area contributed by atoms with E-state index in [1.54, 1.807) is 30.5 Å². The van der Waals surface area contributed by atoms with E-state index in [-0.39, 0.29) is 42.0 Å². The first-order chi connectivity index (χ1) is 27.1. The Bertz CT molecular complexity index is 1670. The van der Waals surface area contributed by atoms with Crippen molar-refractivity contribution in [3.63, 3.8) is 0 Å². The van der Waals surface area contributed by atoms with Crippen molar-refractivity contribution in [1.82, 2.24) is 35.9 Å². The third kappa shape index (κ3) is 17.5. The predicted octanol–water partition coefficient (Wildman–Crippen LogP) is 1.45. The number of ether oxygens (including phenoxy) is 4. The van der Waals surface area contributed by atoms with Crippen LogP contribution in [0.15, 0.2) is 30.5 Å². The van der Waals surface area contributed by atoms with Gasteiger partial charge in [-0.25, -0.2) is 14.8 Å². The van der Waals surface area contributed by atoms with Crippen LogP contribution in [0.1, 0.15) is 67.9 Å². The summed E-state index contributed by atoms with van der Waals surface area (Å²) in [5.41, 5.74) is 13.8. The zero-order valence-corrected chi connectivity index (χ0v) is 32.3. The van der Waals surface area contributed by atoms with Gasteiger partial charge in [0, 0.05) is 64.1 Å². The highest BCUT2D eigenvalue weighted by Crippen LogP contribution is 2.19. The van der Waals surface area contributed by atoms with Crippen molar-refractivity contribution in [1.29, 1.82) is 0 Å². The van der Waals surface area contributed by atoms with Gasteiger partial charge in [-0.05, 0) is 49.9 Å². The summed E-state index contributed by atoms with van der Waals surface area (Å²) in [6, 6.07) is 5.36. The largest absolute Gasteiger partial charge is 0.480 e. The molecule has 0 aliphatic carbocycles. The van der Waals surface area contributed by atoms with E-state index >= 15 is 0 Å². The van der Waals surface area contributed by atoms with Crippen LogP contribution < -0.4 is 32.3 Å². The quantitative estimate of drug-likeness (QED) is 0.0544. The molecule has 2 heterocycles. The summed E-state index contributed by atoms with van der Waals surface area (Å²) in [5, 5.41) is 17.7. The molecule has 3 amide bonds. The van der Waals surface area contributed by atoms with Gasteiger partial charge in [0.05, 0.1) is 51.5 Å². The molecule has 308 valence electrons. The second-order valence-electron chi connectivity index (χ2n) is 12.8. The highest BCUT2D eigenvalue weighted by Gasteiger charge is 2.22. The Labute approximate surface area is 326 Å². The van der Waals surface area contributed by atoms with Gasteiger partial charge in [0.2, 0.25) is 17.8 Å². The summed E-state index contributed by atoms with van der Waals surface area (Å²) in [5.74, 6) is -2.02. The fraction of sp³-hybridized carbons (Fsp3) is 0.568. The summed E-state index contributed by atoms with van der Waals surface area (Å²) >= 11 is 0.